The van der Waals surface area contributed by atoms with Gasteiger partial charge in [0.25, 0.3) is 0 Å². The molecular weight excluding hydrogens is 264 g/mol. The number of anilines is 1. The maximum absolute atomic E-state index is 5.91. The molecule has 0 aliphatic rings. The van der Waals surface area contributed by atoms with Gasteiger partial charge < -0.3 is 5.32 Å². The minimum absolute atomic E-state index is 0.423. The summed E-state index contributed by atoms with van der Waals surface area (Å²) in [6.45, 7) is 3.97. The van der Waals surface area contributed by atoms with Gasteiger partial charge in [0.1, 0.15) is 0 Å². The van der Waals surface area contributed by atoms with Gasteiger partial charge in [-0.05, 0) is 12.1 Å². The van der Waals surface area contributed by atoms with E-state index in [0.717, 1.165) is 0 Å². The molecule has 0 bridgehead atoms. The molecule has 1 nitrogen and oxygen atoms in total. The average molecular weight is 271 g/mol. The molecule has 0 saturated heterocycles. The number of hydrogen-bond acceptors (Lipinski definition) is 1. The van der Waals surface area contributed by atoms with Gasteiger partial charge in [-0.15, -0.1) is 0 Å². The van der Waals surface area contributed by atoms with Gasteiger partial charge >= 0.3 is 0 Å². The van der Waals surface area contributed by atoms with E-state index in [0.29, 0.717) is 32.3 Å². The number of halogens is 4. The zero-order chi connectivity index (χ0) is 10.7. The molecule has 5 heteroatoms. The second kappa shape index (κ2) is 5.13. The van der Waals surface area contributed by atoms with E-state index in [1.165, 1.54) is 0 Å². The highest BCUT2D eigenvalue weighted by atomic mass is 35.5. The topological polar surface area (TPSA) is 12.0 Å². The Balaban J connectivity index is 2.87. The number of nitrogens with one attached hydrogen (secondary N) is 1. The van der Waals surface area contributed by atoms with Gasteiger partial charge in [0.05, 0.1) is 27.3 Å². The van der Waals surface area contributed by atoms with Crippen LogP contribution in [0.25, 0.3) is 0 Å². The Labute approximate surface area is 103 Å². The molecule has 0 radical (unpaired) electrons. The lowest BCUT2D eigenvalue weighted by atomic mass is 10.3. The van der Waals surface area contributed by atoms with Gasteiger partial charge in [0.15, 0.2) is 0 Å². The Morgan fingerprint density at radius 2 is 1.71 bits per heavy atom. The molecule has 0 heterocycles. The molecule has 76 valence electrons. The van der Waals surface area contributed by atoms with Crippen molar-refractivity contribution in [2.75, 3.05) is 11.9 Å². The van der Waals surface area contributed by atoms with Crippen molar-refractivity contribution < 1.29 is 0 Å². The van der Waals surface area contributed by atoms with E-state index >= 15 is 0 Å². The molecule has 0 aliphatic heterocycles. The molecule has 0 spiro atoms. The van der Waals surface area contributed by atoms with E-state index in [-0.39, 0.29) is 0 Å². The summed E-state index contributed by atoms with van der Waals surface area (Å²) in [7, 11) is 0. The lowest BCUT2D eigenvalue weighted by Crippen LogP contribution is -2.01. The van der Waals surface area contributed by atoms with Crippen molar-refractivity contribution in [1.29, 1.82) is 0 Å². The highest BCUT2D eigenvalue weighted by Gasteiger charge is 2.05. The Morgan fingerprint density at radius 3 is 2.29 bits per heavy atom. The van der Waals surface area contributed by atoms with Crippen molar-refractivity contribution in [3.63, 3.8) is 0 Å². The zero-order valence-electron chi connectivity index (χ0n) is 7.08. The molecule has 1 aromatic carbocycles. The lowest BCUT2D eigenvalue weighted by Gasteiger charge is -2.08. The van der Waals surface area contributed by atoms with Crippen LogP contribution in [0.1, 0.15) is 0 Å². The summed E-state index contributed by atoms with van der Waals surface area (Å²) in [6.07, 6.45) is 0. The largest absolute Gasteiger partial charge is 0.379 e. The standard InChI is InChI=1S/C9H7Cl4N/c1-5(10)4-14-9-3-7(12)6(11)2-8(9)13/h2-3,14H,1,4H2. The highest BCUT2D eigenvalue weighted by molar-refractivity contribution is 6.44. The van der Waals surface area contributed by atoms with Crippen LogP contribution in [-0.4, -0.2) is 6.54 Å². The van der Waals surface area contributed by atoms with Crippen LogP contribution in [0.15, 0.2) is 23.7 Å². The molecule has 1 N–H and O–H groups in total. The summed E-state index contributed by atoms with van der Waals surface area (Å²) < 4.78 is 0. The fraction of sp³-hybridized carbons (Fsp3) is 0.111. The third-order valence-corrected chi connectivity index (χ3v) is 2.65. The summed E-state index contributed by atoms with van der Waals surface area (Å²) in [6, 6.07) is 3.22. The number of benzene rings is 1. The third-order valence-electron chi connectivity index (χ3n) is 1.48. The predicted molar refractivity (Wildman–Crippen MR) is 65.0 cm³/mol. The predicted octanol–water partition coefficient (Wildman–Crippen LogP) is 4.81. The van der Waals surface area contributed by atoms with Crippen LogP contribution in [0.2, 0.25) is 15.1 Å². The van der Waals surface area contributed by atoms with Crippen molar-refractivity contribution in [3.05, 3.63) is 38.8 Å². The molecule has 0 fully saturated rings. The van der Waals surface area contributed by atoms with E-state index in [1.807, 2.05) is 0 Å². The van der Waals surface area contributed by atoms with E-state index in [2.05, 4.69) is 11.9 Å². The van der Waals surface area contributed by atoms with Crippen LogP contribution in [-0.2, 0) is 0 Å². The van der Waals surface area contributed by atoms with Crippen molar-refractivity contribution in [2.45, 2.75) is 0 Å². The molecule has 1 aromatic rings. The van der Waals surface area contributed by atoms with Crippen molar-refractivity contribution in [2.24, 2.45) is 0 Å². The summed E-state index contributed by atoms with van der Waals surface area (Å²) in [4.78, 5) is 0. The van der Waals surface area contributed by atoms with E-state index < -0.39 is 0 Å². The Hall–Kier alpha value is -0.0800. The molecule has 0 unspecified atom stereocenters. The van der Waals surface area contributed by atoms with Crippen LogP contribution >= 0.6 is 46.4 Å². The minimum Gasteiger partial charge on any atom is -0.379 e. The molecule has 0 aromatic heterocycles. The van der Waals surface area contributed by atoms with Gasteiger partial charge in [-0.3, -0.25) is 0 Å². The minimum atomic E-state index is 0.423. The third kappa shape index (κ3) is 3.25. The summed E-state index contributed by atoms with van der Waals surface area (Å²) >= 11 is 23.1. The van der Waals surface area contributed by atoms with Crippen LogP contribution < -0.4 is 5.32 Å². The lowest BCUT2D eigenvalue weighted by molar-refractivity contribution is 1.32. The molecule has 1 rings (SSSR count). The van der Waals surface area contributed by atoms with Crippen LogP contribution in [0.3, 0.4) is 0 Å². The normalized spacial score (nSPS) is 10.0. The quantitative estimate of drug-likeness (QED) is 0.777. The van der Waals surface area contributed by atoms with Gasteiger partial charge in [-0.2, -0.15) is 0 Å². The Bertz CT molecular complexity index is 362. The highest BCUT2D eigenvalue weighted by Crippen LogP contribution is 2.32. The molecule has 0 amide bonds. The smallest absolute Gasteiger partial charge is 0.0653 e. The van der Waals surface area contributed by atoms with Crippen LogP contribution in [0.4, 0.5) is 5.69 Å². The van der Waals surface area contributed by atoms with E-state index in [9.17, 15) is 0 Å². The van der Waals surface area contributed by atoms with Gasteiger partial charge in [0, 0.05) is 5.03 Å². The Kier molecular flexibility index (Phi) is 4.39. The molecule has 0 saturated carbocycles. The van der Waals surface area contributed by atoms with Gasteiger partial charge in [-0.25, -0.2) is 0 Å². The molecule has 0 atom stereocenters. The maximum atomic E-state index is 5.91. The van der Waals surface area contributed by atoms with Crippen molar-refractivity contribution in [1.82, 2.24) is 0 Å². The monoisotopic (exact) mass is 269 g/mol. The Morgan fingerprint density at radius 1 is 1.14 bits per heavy atom. The van der Waals surface area contributed by atoms with Gasteiger partial charge in [-0.1, -0.05) is 53.0 Å². The van der Waals surface area contributed by atoms with Crippen LogP contribution in [0, 0.1) is 0 Å². The fourth-order valence-corrected chi connectivity index (χ4v) is 1.53. The number of hydrogen-bond donors (Lipinski definition) is 1. The van der Waals surface area contributed by atoms with Crippen molar-refractivity contribution >= 4 is 52.1 Å². The van der Waals surface area contributed by atoms with Crippen molar-refractivity contribution in [3.8, 4) is 0 Å². The summed E-state index contributed by atoms with van der Waals surface area (Å²) in [5.41, 5.74) is 0.683. The first-order valence-corrected chi connectivity index (χ1v) is 5.23. The second-order valence-corrected chi connectivity index (χ2v) is 4.37. The van der Waals surface area contributed by atoms with Crippen LogP contribution in [0.5, 0.6) is 0 Å². The molecule has 0 aliphatic carbocycles. The average Bonchev–Trinajstić information content (AvgIpc) is 2.09. The van der Waals surface area contributed by atoms with E-state index in [4.69, 9.17) is 46.4 Å². The zero-order valence-corrected chi connectivity index (χ0v) is 10.1. The first-order chi connectivity index (χ1) is 6.50. The fourth-order valence-electron chi connectivity index (χ4n) is 0.849. The first-order valence-electron chi connectivity index (χ1n) is 3.72. The maximum Gasteiger partial charge on any atom is 0.0653 e. The summed E-state index contributed by atoms with van der Waals surface area (Å²) in [5.74, 6) is 0. The first kappa shape index (κ1) is 12.0. The molecule has 14 heavy (non-hydrogen) atoms. The van der Waals surface area contributed by atoms with Gasteiger partial charge in [0.2, 0.25) is 0 Å². The molecular formula is C9H7Cl4N. The SMILES string of the molecule is C=C(Cl)CNc1cc(Cl)c(Cl)cc1Cl. The van der Waals surface area contributed by atoms with E-state index in [1.54, 1.807) is 12.1 Å². The number of rotatable bonds is 3. The summed E-state index contributed by atoms with van der Waals surface area (Å²) in [5, 5.41) is 4.83. The second-order valence-electron chi connectivity index (χ2n) is 2.62.